The Labute approximate surface area is 90.5 Å². The molecule has 0 unspecified atom stereocenters. The van der Waals surface area contributed by atoms with Crippen LogP contribution in [-0.2, 0) is 12.8 Å². The van der Waals surface area contributed by atoms with Gasteiger partial charge in [0.1, 0.15) is 0 Å². The lowest BCUT2D eigenvalue weighted by atomic mass is 9.76. The van der Waals surface area contributed by atoms with E-state index in [1.165, 1.54) is 37.2 Å². The van der Waals surface area contributed by atoms with Gasteiger partial charge in [-0.3, -0.25) is 0 Å². The molecular formula is C12H19NS. The Morgan fingerprint density at radius 1 is 1.29 bits per heavy atom. The standard InChI is InChI=1S/C12H19NS/c1-3-10-5-6-11(14-10)7-12(4-2)8-13-9-12/h5-6,13H,3-4,7-9H2,1-2H3. The lowest BCUT2D eigenvalue weighted by Gasteiger charge is -2.42. The quantitative estimate of drug-likeness (QED) is 0.804. The van der Waals surface area contributed by atoms with Crippen LogP contribution in [-0.4, -0.2) is 13.1 Å². The molecule has 0 bridgehead atoms. The van der Waals surface area contributed by atoms with E-state index in [1.54, 1.807) is 4.88 Å². The van der Waals surface area contributed by atoms with Crippen molar-refractivity contribution in [3.63, 3.8) is 0 Å². The van der Waals surface area contributed by atoms with Crippen molar-refractivity contribution in [2.75, 3.05) is 13.1 Å². The summed E-state index contributed by atoms with van der Waals surface area (Å²) in [5, 5.41) is 3.40. The van der Waals surface area contributed by atoms with E-state index in [0.717, 1.165) is 0 Å². The third-order valence-electron chi connectivity index (χ3n) is 3.36. The van der Waals surface area contributed by atoms with Crippen molar-refractivity contribution < 1.29 is 0 Å². The van der Waals surface area contributed by atoms with E-state index in [9.17, 15) is 0 Å². The Bertz CT molecular complexity index is 294. The average molecular weight is 209 g/mol. The number of hydrogen-bond donors (Lipinski definition) is 1. The monoisotopic (exact) mass is 209 g/mol. The molecule has 0 spiro atoms. The summed E-state index contributed by atoms with van der Waals surface area (Å²) >= 11 is 2.00. The number of rotatable bonds is 4. The molecule has 14 heavy (non-hydrogen) atoms. The number of hydrogen-bond acceptors (Lipinski definition) is 2. The van der Waals surface area contributed by atoms with Crippen LogP contribution < -0.4 is 5.32 Å². The van der Waals surface area contributed by atoms with Crippen molar-refractivity contribution in [2.24, 2.45) is 5.41 Å². The molecule has 1 aromatic heterocycles. The SMILES string of the molecule is CCc1ccc(CC2(CC)CNC2)s1. The maximum absolute atomic E-state index is 3.40. The van der Waals surface area contributed by atoms with Crippen LogP contribution in [0, 0.1) is 5.41 Å². The summed E-state index contributed by atoms with van der Waals surface area (Å²) < 4.78 is 0. The van der Waals surface area contributed by atoms with Crippen molar-refractivity contribution in [3.8, 4) is 0 Å². The summed E-state index contributed by atoms with van der Waals surface area (Å²) in [6, 6.07) is 4.61. The van der Waals surface area contributed by atoms with Crippen molar-refractivity contribution in [1.29, 1.82) is 0 Å². The summed E-state index contributed by atoms with van der Waals surface area (Å²) in [4.78, 5) is 3.10. The van der Waals surface area contributed by atoms with Gasteiger partial charge in [-0.25, -0.2) is 0 Å². The zero-order valence-electron chi connectivity index (χ0n) is 9.10. The van der Waals surface area contributed by atoms with Crippen molar-refractivity contribution in [3.05, 3.63) is 21.9 Å². The lowest BCUT2D eigenvalue weighted by Crippen LogP contribution is -2.54. The predicted molar refractivity (Wildman–Crippen MR) is 63.0 cm³/mol. The van der Waals surface area contributed by atoms with Gasteiger partial charge in [0.15, 0.2) is 0 Å². The Hall–Kier alpha value is -0.340. The third-order valence-corrected chi connectivity index (χ3v) is 4.59. The second kappa shape index (κ2) is 4.03. The van der Waals surface area contributed by atoms with Crippen LogP contribution >= 0.6 is 11.3 Å². The predicted octanol–water partition coefficient (Wildman–Crippen LogP) is 2.85. The van der Waals surface area contributed by atoms with Gasteiger partial charge in [-0.2, -0.15) is 0 Å². The molecule has 1 saturated heterocycles. The second-order valence-electron chi connectivity index (χ2n) is 4.36. The molecule has 1 aromatic rings. The van der Waals surface area contributed by atoms with Gasteiger partial charge < -0.3 is 5.32 Å². The molecule has 0 aliphatic carbocycles. The summed E-state index contributed by atoms with van der Waals surface area (Å²) in [6.45, 7) is 6.97. The molecule has 0 saturated carbocycles. The maximum Gasteiger partial charge on any atom is 0.00546 e. The highest BCUT2D eigenvalue weighted by molar-refractivity contribution is 7.11. The van der Waals surface area contributed by atoms with Crippen LogP contribution in [0.2, 0.25) is 0 Å². The minimum absolute atomic E-state index is 0.579. The summed E-state index contributed by atoms with van der Waals surface area (Å²) in [6.07, 6.45) is 3.77. The van der Waals surface area contributed by atoms with E-state index in [-0.39, 0.29) is 0 Å². The first-order valence-electron chi connectivity index (χ1n) is 5.56. The first-order chi connectivity index (χ1) is 6.78. The number of aryl methyl sites for hydroxylation is 1. The van der Waals surface area contributed by atoms with E-state index < -0.39 is 0 Å². The highest BCUT2D eigenvalue weighted by Gasteiger charge is 2.35. The molecule has 2 rings (SSSR count). The molecule has 78 valence electrons. The van der Waals surface area contributed by atoms with Crippen molar-refractivity contribution in [2.45, 2.75) is 33.1 Å². The van der Waals surface area contributed by atoms with Crippen LogP contribution in [0.4, 0.5) is 0 Å². The van der Waals surface area contributed by atoms with Gasteiger partial charge in [-0.15, -0.1) is 11.3 Å². The molecule has 0 amide bonds. The van der Waals surface area contributed by atoms with Gasteiger partial charge in [-0.1, -0.05) is 13.8 Å². The van der Waals surface area contributed by atoms with Crippen LogP contribution in [0.15, 0.2) is 12.1 Å². The Morgan fingerprint density at radius 2 is 2.00 bits per heavy atom. The fourth-order valence-corrected chi connectivity index (χ4v) is 3.19. The summed E-state index contributed by atoms with van der Waals surface area (Å²) in [5.74, 6) is 0. The van der Waals surface area contributed by atoms with Gasteiger partial charge in [0, 0.05) is 22.8 Å². The summed E-state index contributed by atoms with van der Waals surface area (Å²) in [7, 11) is 0. The highest BCUT2D eigenvalue weighted by Crippen LogP contribution is 2.33. The number of thiophene rings is 1. The molecule has 1 aliphatic heterocycles. The van der Waals surface area contributed by atoms with Crippen molar-refractivity contribution >= 4 is 11.3 Å². The van der Waals surface area contributed by atoms with Gasteiger partial charge >= 0.3 is 0 Å². The smallest absolute Gasteiger partial charge is 0.00546 e. The normalized spacial score (nSPS) is 19.3. The largest absolute Gasteiger partial charge is 0.316 e. The molecule has 2 heterocycles. The van der Waals surface area contributed by atoms with E-state index in [1.807, 2.05) is 11.3 Å². The van der Waals surface area contributed by atoms with Crippen LogP contribution in [0.1, 0.15) is 30.0 Å². The van der Waals surface area contributed by atoms with Crippen molar-refractivity contribution in [1.82, 2.24) is 5.32 Å². The molecule has 0 radical (unpaired) electrons. The molecule has 0 atom stereocenters. The van der Waals surface area contributed by atoms with Gasteiger partial charge in [-0.05, 0) is 36.8 Å². The molecule has 1 N–H and O–H groups in total. The minimum atomic E-state index is 0.579. The molecule has 1 aliphatic rings. The van der Waals surface area contributed by atoms with Crippen LogP contribution in [0.3, 0.4) is 0 Å². The fourth-order valence-electron chi connectivity index (χ4n) is 2.06. The topological polar surface area (TPSA) is 12.0 Å². The van der Waals surface area contributed by atoms with Gasteiger partial charge in [0.25, 0.3) is 0 Å². The Morgan fingerprint density at radius 3 is 2.43 bits per heavy atom. The molecule has 2 heteroatoms. The Kier molecular flexibility index (Phi) is 2.93. The lowest BCUT2D eigenvalue weighted by molar-refractivity contribution is 0.161. The molecule has 1 nitrogen and oxygen atoms in total. The molecule has 1 fully saturated rings. The zero-order valence-corrected chi connectivity index (χ0v) is 9.91. The minimum Gasteiger partial charge on any atom is -0.316 e. The van der Waals surface area contributed by atoms with E-state index in [0.29, 0.717) is 5.41 Å². The van der Waals surface area contributed by atoms with Crippen LogP contribution in [0.5, 0.6) is 0 Å². The van der Waals surface area contributed by atoms with Crippen LogP contribution in [0.25, 0.3) is 0 Å². The first kappa shape index (κ1) is 10.2. The van der Waals surface area contributed by atoms with E-state index in [2.05, 4.69) is 31.3 Å². The van der Waals surface area contributed by atoms with Gasteiger partial charge in [0.05, 0.1) is 0 Å². The average Bonchev–Trinajstić information content (AvgIpc) is 2.59. The summed E-state index contributed by atoms with van der Waals surface area (Å²) in [5.41, 5.74) is 0.579. The first-order valence-corrected chi connectivity index (χ1v) is 6.38. The second-order valence-corrected chi connectivity index (χ2v) is 5.61. The zero-order chi connectivity index (χ0) is 10.0. The van der Waals surface area contributed by atoms with E-state index in [4.69, 9.17) is 0 Å². The fraction of sp³-hybridized carbons (Fsp3) is 0.667. The molecule has 0 aromatic carbocycles. The Balaban J connectivity index is 2.02. The maximum atomic E-state index is 3.40. The van der Waals surface area contributed by atoms with E-state index >= 15 is 0 Å². The van der Waals surface area contributed by atoms with Gasteiger partial charge in [0.2, 0.25) is 0 Å². The third kappa shape index (κ3) is 1.86. The highest BCUT2D eigenvalue weighted by atomic mass is 32.1. The number of nitrogens with one attached hydrogen (secondary N) is 1. The molecular weight excluding hydrogens is 190 g/mol.